The van der Waals surface area contributed by atoms with E-state index in [4.69, 9.17) is 5.11 Å². The number of hydrogen-bond acceptors (Lipinski definition) is 2. The molecule has 0 saturated heterocycles. The van der Waals surface area contributed by atoms with Crippen molar-refractivity contribution in [2.24, 2.45) is 0 Å². The number of carbonyl (C=O) groups is 1. The van der Waals surface area contributed by atoms with Crippen LogP contribution in [0.1, 0.15) is 16.1 Å². The summed E-state index contributed by atoms with van der Waals surface area (Å²) in [6.45, 7) is 1.81. The molecule has 0 aliphatic heterocycles. The number of carboxylic acids is 1. The highest BCUT2D eigenvalue weighted by Crippen LogP contribution is 2.22. The maximum absolute atomic E-state index is 10.6. The number of pyridine rings is 1. The number of halogens is 2. The van der Waals surface area contributed by atoms with Gasteiger partial charge in [0, 0.05) is 0 Å². The summed E-state index contributed by atoms with van der Waals surface area (Å²) < 4.78 is 1.05. The van der Waals surface area contributed by atoms with Crippen molar-refractivity contribution in [1.29, 1.82) is 0 Å². The molecule has 0 aromatic carbocycles. The zero-order valence-electron chi connectivity index (χ0n) is 6.14. The molecule has 1 N–H and O–H groups in total. The molecule has 0 fully saturated rings. The van der Waals surface area contributed by atoms with E-state index in [9.17, 15) is 4.79 Å². The van der Waals surface area contributed by atoms with Gasteiger partial charge < -0.3 is 5.11 Å². The molecule has 5 heteroatoms. The summed E-state index contributed by atoms with van der Waals surface area (Å²) in [5.41, 5.74) is 0.871. The Bertz CT molecular complexity index is 338. The summed E-state index contributed by atoms with van der Waals surface area (Å²) in [7, 11) is 0. The van der Waals surface area contributed by atoms with Crippen LogP contribution in [0.25, 0.3) is 0 Å². The van der Waals surface area contributed by atoms with Gasteiger partial charge >= 0.3 is 5.97 Å². The third-order valence-electron chi connectivity index (χ3n) is 1.31. The minimum absolute atomic E-state index is 0.0295. The Morgan fingerprint density at radius 1 is 1.58 bits per heavy atom. The number of aromatic nitrogens is 1. The normalized spacial score (nSPS) is 9.92. The summed E-state index contributed by atoms with van der Waals surface area (Å²) >= 11 is 6.27. The van der Waals surface area contributed by atoms with Crippen molar-refractivity contribution in [1.82, 2.24) is 4.98 Å². The van der Waals surface area contributed by atoms with Gasteiger partial charge in [-0.25, -0.2) is 9.78 Å². The molecular weight excluding hydrogens is 290 g/mol. The molecule has 3 nitrogen and oxygen atoms in total. The van der Waals surface area contributed by atoms with Crippen LogP contribution in [0.5, 0.6) is 0 Å². The molecule has 1 rings (SSSR count). The van der Waals surface area contributed by atoms with E-state index in [0.29, 0.717) is 9.08 Å². The molecule has 12 heavy (non-hydrogen) atoms. The minimum atomic E-state index is -1.04. The zero-order chi connectivity index (χ0) is 9.30. The first kappa shape index (κ1) is 9.67. The van der Waals surface area contributed by atoms with Crippen LogP contribution in [-0.4, -0.2) is 16.1 Å². The van der Waals surface area contributed by atoms with Gasteiger partial charge in [0.25, 0.3) is 0 Å². The van der Waals surface area contributed by atoms with E-state index in [1.807, 2.05) is 6.92 Å². The summed E-state index contributed by atoms with van der Waals surface area (Å²) in [5, 5.41) is 8.70. The largest absolute Gasteiger partial charge is 0.476 e. The third kappa shape index (κ3) is 1.84. The van der Waals surface area contributed by atoms with Crippen LogP contribution < -0.4 is 0 Å². The fourth-order valence-electron chi connectivity index (χ4n) is 0.759. The molecule has 0 spiro atoms. The second kappa shape index (κ2) is 3.53. The fraction of sp³-hybridized carbons (Fsp3) is 0.143. The van der Waals surface area contributed by atoms with Gasteiger partial charge in [0.05, 0.1) is 4.47 Å². The third-order valence-corrected chi connectivity index (χ3v) is 2.72. The van der Waals surface area contributed by atoms with Crippen molar-refractivity contribution < 1.29 is 9.90 Å². The van der Waals surface area contributed by atoms with Crippen molar-refractivity contribution in [2.75, 3.05) is 0 Å². The molecule has 0 atom stereocenters. The average molecular weight is 295 g/mol. The Morgan fingerprint density at radius 3 is 2.67 bits per heavy atom. The first-order chi connectivity index (χ1) is 5.52. The van der Waals surface area contributed by atoms with Gasteiger partial charge in [0.1, 0.15) is 4.60 Å². The van der Waals surface area contributed by atoms with Crippen LogP contribution in [0.15, 0.2) is 15.1 Å². The number of rotatable bonds is 1. The molecule has 1 heterocycles. The maximum Gasteiger partial charge on any atom is 0.355 e. The summed E-state index contributed by atoms with van der Waals surface area (Å²) in [5.74, 6) is -1.04. The van der Waals surface area contributed by atoms with Gasteiger partial charge in [-0.05, 0) is 50.4 Å². The lowest BCUT2D eigenvalue weighted by molar-refractivity contribution is 0.0689. The van der Waals surface area contributed by atoms with Crippen LogP contribution in [0.3, 0.4) is 0 Å². The van der Waals surface area contributed by atoms with Crippen LogP contribution in [0.2, 0.25) is 0 Å². The Morgan fingerprint density at radius 2 is 2.17 bits per heavy atom. The minimum Gasteiger partial charge on any atom is -0.476 e. The van der Waals surface area contributed by atoms with Crippen LogP contribution in [-0.2, 0) is 0 Å². The van der Waals surface area contributed by atoms with E-state index in [1.54, 1.807) is 6.07 Å². The van der Waals surface area contributed by atoms with Gasteiger partial charge in [0.15, 0.2) is 5.69 Å². The second-order valence-electron chi connectivity index (χ2n) is 2.23. The highest BCUT2D eigenvalue weighted by atomic mass is 79.9. The SMILES string of the molecule is Cc1cc(Br)nc(C(=O)O)c1Br. The molecule has 0 unspecified atom stereocenters. The van der Waals surface area contributed by atoms with Crippen molar-refractivity contribution in [3.63, 3.8) is 0 Å². The Labute approximate surface area is 86.1 Å². The van der Waals surface area contributed by atoms with Crippen molar-refractivity contribution in [3.05, 3.63) is 26.4 Å². The lowest BCUT2D eigenvalue weighted by atomic mass is 10.2. The van der Waals surface area contributed by atoms with E-state index in [0.717, 1.165) is 5.56 Å². The standard InChI is InChI=1S/C7H5Br2NO2/c1-3-2-4(8)10-6(5(3)9)7(11)12/h2H,1H3,(H,11,12). The van der Waals surface area contributed by atoms with E-state index in [-0.39, 0.29) is 5.69 Å². The van der Waals surface area contributed by atoms with Crippen molar-refractivity contribution in [2.45, 2.75) is 6.92 Å². The van der Waals surface area contributed by atoms with Gasteiger partial charge in [0.2, 0.25) is 0 Å². The topological polar surface area (TPSA) is 50.2 Å². The number of aromatic carboxylic acids is 1. The van der Waals surface area contributed by atoms with Gasteiger partial charge in [-0.2, -0.15) is 0 Å². The molecule has 1 aromatic rings. The van der Waals surface area contributed by atoms with E-state index >= 15 is 0 Å². The molecule has 0 bridgehead atoms. The number of aryl methyl sites for hydroxylation is 1. The quantitative estimate of drug-likeness (QED) is 0.810. The van der Waals surface area contributed by atoms with E-state index in [2.05, 4.69) is 36.8 Å². The molecule has 64 valence electrons. The van der Waals surface area contributed by atoms with E-state index < -0.39 is 5.97 Å². The molecule has 0 saturated carbocycles. The highest BCUT2D eigenvalue weighted by Gasteiger charge is 2.12. The van der Waals surface area contributed by atoms with Crippen molar-refractivity contribution >= 4 is 37.8 Å². The van der Waals surface area contributed by atoms with Crippen molar-refractivity contribution in [3.8, 4) is 0 Å². The molecule has 0 radical (unpaired) electrons. The predicted octanol–water partition coefficient (Wildman–Crippen LogP) is 2.61. The van der Waals surface area contributed by atoms with Gasteiger partial charge in [-0.15, -0.1) is 0 Å². The summed E-state index contributed by atoms with van der Waals surface area (Å²) in [4.78, 5) is 14.4. The van der Waals surface area contributed by atoms with Gasteiger partial charge in [-0.3, -0.25) is 0 Å². The monoisotopic (exact) mass is 293 g/mol. The Kier molecular flexibility index (Phi) is 2.85. The summed E-state index contributed by atoms with van der Waals surface area (Å²) in [6, 6.07) is 1.75. The highest BCUT2D eigenvalue weighted by molar-refractivity contribution is 9.11. The number of hydrogen-bond donors (Lipinski definition) is 1. The first-order valence-electron chi connectivity index (χ1n) is 3.08. The van der Waals surface area contributed by atoms with E-state index in [1.165, 1.54) is 0 Å². The van der Waals surface area contributed by atoms with Crippen LogP contribution in [0, 0.1) is 6.92 Å². The van der Waals surface area contributed by atoms with Crippen LogP contribution >= 0.6 is 31.9 Å². The molecule has 0 amide bonds. The molecular formula is C7H5Br2NO2. The summed E-state index contributed by atoms with van der Waals surface area (Å²) in [6.07, 6.45) is 0. The predicted molar refractivity (Wildman–Crippen MR) is 51.3 cm³/mol. The molecule has 0 aliphatic rings. The maximum atomic E-state index is 10.6. The average Bonchev–Trinajstić information content (AvgIpc) is 1.96. The molecule has 1 aromatic heterocycles. The number of carboxylic acid groups (broad SMARTS) is 1. The number of nitrogens with zero attached hydrogens (tertiary/aromatic N) is 1. The van der Waals surface area contributed by atoms with Gasteiger partial charge in [-0.1, -0.05) is 0 Å². The lowest BCUT2D eigenvalue weighted by Gasteiger charge is -2.02. The smallest absolute Gasteiger partial charge is 0.355 e. The second-order valence-corrected chi connectivity index (χ2v) is 3.84. The molecule has 0 aliphatic carbocycles. The zero-order valence-corrected chi connectivity index (χ0v) is 9.31. The first-order valence-corrected chi connectivity index (χ1v) is 4.67. The van der Waals surface area contributed by atoms with Crippen LogP contribution in [0.4, 0.5) is 0 Å². The fourth-order valence-corrected chi connectivity index (χ4v) is 1.65. The Balaban J connectivity index is 3.37. The Hall–Kier alpha value is -0.420. The lowest BCUT2D eigenvalue weighted by Crippen LogP contribution is -2.03.